The first-order valence-corrected chi connectivity index (χ1v) is 15.4. The molecule has 2 saturated heterocycles. The molecule has 0 unspecified atom stereocenters. The van der Waals surface area contributed by atoms with Gasteiger partial charge in [0.2, 0.25) is 0 Å². The highest BCUT2D eigenvalue weighted by Gasteiger charge is 2.44. The molecule has 1 amide bonds. The number of halogens is 2. The summed E-state index contributed by atoms with van der Waals surface area (Å²) in [5, 5.41) is 12.2. The average Bonchev–Trinajstić information content (AvgIpc) is 3.50. The number of imidazole rings is 1. The van der Waals surface area contributed by atoms with Crippen LogP contribution in [0, 0.1) is 5.41 Å². The highest BCUT2D eigenvalue weighted by molar-refractivity contribution is 7.91. The van der Waals surface area contributed by atoms with E-state index < -0.39 is 34.0 Å². The fraction of sp³-hybridized carbons (Fsp3) is 0.500. The Morgan fingerprint density at radius 3 is 2.33 bits per heavy atom. The molecule has 0 bridgehead atoms. The number of amides is 1. The Labute approximate surface area is 231 Å². The topological polar surface area (TPSA) is 107 Å². The van der Waals surface area contributed by atoms with Gasteiger partial charge in [0.1, 0.15) is 0 Å². The number of rotatable bonds is 7. The second-order valence-corrected chi connectivity index (χ2v) is 13.4. The largest absolute Gasteiger partial charge is 0.395 e. The number of nitrogens with one attached hydrogen (secondary N) is 1. The number of hydrogen-bond acceptors (Lipinski definition) is 7. The second kappa shape index (κ2) is 9.99. The maximum absolute atomic E-state index is 13.8. The zero-order chi connectivity index (χ0) is 28.1. The number of hydrogen-bond donors (Lipinski definition) is 2. The Kier molecular flexibility index (Phi) is 6.73. The number of nitrogens with zero attached hydrogens (tertiary/aromatic N) is 4. The summed E-state index contributed by atoms with van der Waals surface area (Å²) >= 11 is 0. The Bertz CT molecular complexity index is 1530. The molecule has 6 rings (SSSR count). The Balaban J connectivity index is 1.31. The van der Waals surface area contributed by atoms with Crippen LogP contribution in [0.3, 0.4) is 0 Å². The van der Waals surface area contributed by atoms with E-state index in [1.54, 1.807) is 35.1 Å². The number of aliphatic hydroxyl groups excluding tert-OH is 1. The fourth-order valence-corrected chi connectivity index (χ4v) is 6.93. The van der Waals surface area contributed by atoms with Crippen molar-refractivity contribution in [2.75, 3.05) is 53.7 Å². The van der Waals surface area contributed by atoms with E-state index in [-0.39, 0.29) is 30.8 Å². The molecule has 12 heteroatoms. The molecule has 214 valence electrons. The lowest BCUT2D eigenvalue weighted by molar-refractivity contribution is -0.0220. The van der Waals surface area contributed by atoms with Crippen molar-refractivity contribution in [2.45, 2.75) is 49.3 Å². The zero-order valence-electron chi connectivity index (χ0n) is 22.2. The standard InChI is InChI=1S/C28H33F2N5O4S/c29-28(30)7-12-34(13-8-28)24-17-20(19-35-14-9-31-25(24)35)32-26(37)22-2-1-21(40(38,39)16-15-36)18-23(22)33-10-5-27(3-4-27)6-11-33/h1-2,9,14,17-19,36H,3-8,10-13,15-16H2,(H,32,37). The molecule has 2 aromatic heterocycles. The van der Waals surface area contributed by atoms with Gasteiger partial charge in [-0.1, -0.05) is 0 Å². The number of sulfone groups is 1. The Hall–Kier alpha value is -3.25. The smallest absolute Gasteiger partial charge is 0.257 e. The molecule has 0 atom stereocenters. The molecule has 40 heavy (non-hydrogen) atoms. The summed E-state index contributed by atoms with van der Waals surface area (Å²) in [5.41, 5.74) is 3.05. The predicted octanol–water partition coefficient (Wildman–Crippen LogP) is 3.97. The minimum absolute atomic E-state index is 0.0730. The molecule has 0 radical (unpaired) electrons. The van der Waals surface area contributed by atoms with Gasteiger partial charge in [-0.05, 0) is 55.4 Å². The monoisotopic (exact) mass is 573 g/mol. The van der Waals surface area contributed by atoms with E-state index in [9.17, 15) is 27.1 Å². The molecule has 3 aromatic rings. The minimum Gasteiger partial charge on any atom is -0.395 e. The lowest BCUT2D eigenvalue weighted by atomic mass is 9.93. The van der Waals surface area contributed by atoms with Crippen LogP contribution in [0.5, 0.6) is 0 Å². The highest BCUT2D eigenvalue weighted by atomic mass is 32.2. The van der Waals surface area contributed by atoms with Crippen LogP contribution in [0.25, 0.3) is 5.65 Å². The van der Waals surface area contributed by atoms with Crippen LogP contribution in [-0.2, 0) is 9.84 Å². The van der Waals surface area contributed by atoms with Crippen molar-refractivity contribution < 1.29 is 27.1 Å². The van der Waals surface area contributed by atoms with Crippen LogP contribution in [-0.4, -0.2) is 73.3 Å². The first kappa shape index (κ1) is 26.9. The lowest BCUT2D eigenvalue weighted by Gasteiger charge is -2.35. The van der Waals surface area contributed by atoms with Crippen molar-refractivity contribution in [2.24, 2.45) is 5.41 Å². The van der Waals surface area contributed by atoms with Gasteiger partial charge in [0.15, 0.2) is 15.5 Å². The van der Waals surface area contributed by atoms with Crippen LogP contribution in [0.4, 0.5) is 25.8 Å². The summed E-state index contributed by atoms with van der Waals surface area (Å²) < 4.78 is 54.9. The van der Waals surface area contributed by atoms with Gasteiger partial charge >= 0.3 is 0 Å². The average molecular weight is 574 g/mol. The van der Waals surface area contributed by atoms with E-state index in [4.69, 9.17) is 0 Å². The number of piperidine rings is 2. The molecular weight excluding hydrogens is 540 g/mol. The number of pyridine rings is 1. The van der Waals surface area contributed by atoms with Crippen molar-refractivity contribution in [1.29, 1.82) is 0 Å². The number of carbonyl (C=O) groups is 1. The summed E-state index contributed by atoms with van der Waals surface area (Å²) in [5.74, 6) is -3.48. The van der Waals surface area contributed by atoms with Crippen molar-refractivity contribution in [1.82, 2.24) is 9.38 Å². The van der Waals surface area contributed by atoms with E-state index in [0.29, 0.717) is 33.7 Å². The highest BCUT2D eigenvalue weighted by Crippen LogP contribution is 2.54. The van der Waals surface area contributed by atoms with E-state index >= 15 is 0 Å². The molecule has 2 aliphatic heterocycles. The van der Waals surface area contributed by atoms with Gasteiger partial charge in [-0.3, -0.25) is 4.79 Å². The van der Waals surface area contributed by atoms with E-state index in [0.717, 1.165) is 25.9 Å². The molecule has 1 saturated carbocycles. The van der Waals surface area contributed by atoms with Crippen molar-refractivity contribution in [3.63, 3.8) is 0 Å². The van der Waals surface area contributed by atoms with Crippen molar-refractivity contribution in [3.05, 3.63) is 48.4 Å². The first-order valence-electron chi connectivity index (χ1n) is 13.7. The van der Waals surface area contributed by atoms with Gasteiger partial charge < -0.3 is 24.6 Å². The normalized spacial score (nSPS) is 20.2. The number of aromatic nitrogens is 2. The van der Waals surface area contributed by atoms with E-state index in [2.05, 4.69) is 15.2 Å². The number of fused-ring (bicyclic) bond motifs is 1. The van der Waals surface area contributed by atoms with Crippen molar-refractivity contribution >= 4 is 38.5 Å². The maximum atomic E-state index is 13.8. The van der Waals surface area contributed by atoms with Crippen LogP contribution in [0.15, 0.2) is 47.8 Å². The van der Waals surface area contributed by atoms with Gasteiger partial charge in [-0.25, -0.2) is 22.2 Å². The maximum Gasteiger partial charge on any atom is 0.257 e. The lowest BCUT2D eigenvalue weighted by Crippen LogP contribution is -2.39. The van der Waals surface area contributed by atoms with Crippen molar-refractivity contribution in [3.8, 4) is 0 Å². The molecule has 1 aliphatic carbocycles. The minimum atomic E-state index is -3.71. The van der Waals surface area contributed by atoms with Gasteiger partial charge in [-0.2, -0.15) is 0 Å². The Morgan fingerprint density at radius 2 is 1.65 bits per heavy atom. The van der Waals surface area contributed by atoms with Crippen LogP contribution in [0.2, 0.25) is 0 Å². The number of carbonyl (C=O) groups excluding carboxylic acids is 1. The van der Waals surface area contributed by atoms with Gasteiger partial charge in [0, 0.05) is 57.6 Å². The quantitative estimate of drug-likeness (QED) is 0.441. The molecule has 1 aromatic carbocycles. The Morgan fingerprint density at radius 1 is 0.975 bits per heavy atom. The summed E-state index contributed by atoms with van der Waals surface area (Å²) in [6.45, 7) is 1.33. The molecule has 1 spiro atoms. The molecular formula is C28H33F2N5O4S. The summed E-state index contributed by atoms with van der Waals surface area (Å²) in [6.07, 6.45) is 9.01. The summed E-state index contributed by atoms with van der Waals surface area (Å²) in [4.78, 5) is 22.1. The molecule has 2 N–H and O–H groups in total. The third-order valence-corrected chi connectivity index (χ3v) is 10.3. The third-order valence-electron chi connectivity index (χ3n) is 8.62. The SMILES string of the molecule is O=C(Nc1cc(N2CCC(F)(F)CC2)c2nccn2c1)c1ccc(S(=O)(=O)CCO)cc1N1CCC2(CC1)CC2. The zero-order valence-corrected chi connectivity index (χ0v) is 23.0. The number of aliphatic hydroxyl groups is 1. The first-order chi connectivity index (χ1) is 19.1. The fourth-order valence-electron chi connectivity index (χ4n) is 5.88. The number of benzene rings is 1. The summed E-state index contributed by atoms with van der Waals surface area (Å²) in [7, 11) is -3.71. The molecule has 4 heterocycles. The van der Waals surface area contributed by atoms with Crippen LogP contribution < -0.4 is 15.1 Å². The van der Waals surface area contributed by atoms with Gasteiger partial charge in [0.25, 0.3) is 11.8 Å². The number of anilines is 3. The van der Waals surface area contributed by atoms with E-state index in [1.165, 1.54) is 25.0 Å². The van der Waals surface area contributed by atoms with Crippen LogP contribution in [0.1, 0.15) is 48.9 Å². The number of alkyl halides is 2. The van der Waals surface area contributed by atoms with Gasteiger partial charge in [-0.15, -0.1) is 0 Å². The summed E-state index contributed by atoms with van der Waals surface area (Å²) in [6, 6.07) is 6.23. The predicted molar refractivity (Wildman–Crippen MR) is 148 cm³/mol. The molecule has 3 fully saturated rings. The molecule has 9 nitrogen and oxygen atoms in total. The second-order valence-electron chi connectivity index (χ2n) is 11.3. The van der Waals surface area contributed by atoms with Crippen LogP contribution >= 0.6 is 0 Å². The van der Waals surface area contributed by atoms with Gasteiger partial charge in [0.05, 0.1) is 39.9 Å². The third kappa shape index (κ3) is 5.26. The van der Waals surface area contributed by atoms with E-state index in [1.807, 2.05) is 4.90 Å². The molecule has 3 aliphatic rings.